The molecule has 3 rings (SSSR count). The standard InChI is InChI=1S/C22H28O6S2/c1-15-7-11-21(29(23,24)25)19(13-15)17-5-3-4-6-18(10-9-17)20-14-16(2)8-12-22(20)30(26,27)28/h7-8,11-14,17-18H,3-6,9-10H2,1-2H3,(H,23,24,25)(H,26,27,28). The first-order chi connectivity index (χ1) is 14.0. The van der Waals surface area contributed by atoms with E-state index in [0.717, 1.165) is 36.8 Å². The van der Waals surface area contributed by atoms with E-state index in [1.54, 1.807) is 12.1 Å². The third-order valence-electron chi connectivity index (χ3n) is 5.98. The fraction of sp³-hybridized carbons (Fsp3) is 0.455. The molecule has 2 unspecified atom stereocenters. The summed E-state index contributed by atoms with van der Waals surface area (Å²) in [5.74, 6) is -0.104. The first-order valence-corrected chi connectivity index (χ1v) is 13.0. The van der Waals surface area contributed by atoms with Crippen LogP contribution in [0.1, 0.15) is 72.6 Å². The van der Waals surface area contributed by atoms with Crippen molar-refractivity contribution in [2.24, 2.45) is 0 Å². The van der Waals surface area contributed by atoms with Crippen molar-refractivity contribution in [3.8, 4) is 0 Å². The van der Waals surface area contributed by atoms with Crippen LogP contribution in [0, 0.1) is 13.8 Å². The van der Waals surface area contributed by atoms with Crippen molar-refractivity contribution in [3.05, 3.63) is 58.7 Å². The quantitative estimate of drug-likeness (QED) is 0.631. The molecule has 2 aromatic carbocycles. The van der Waals surface area contributed by atoms with Crippen LogP contribution >= 0.6 is 0 Å². The predicted octanol–water partition coefficient (Wildman–Crippen LogP) is 5.02. The first-order valence-electron chi connectivity index (χ1n) is 10.1. The van der Waals surface area contributed by atoms with Crippen LogP contribution < -0.4 is 0 Å². The van der Waals surface area contributed by atoms with E-state index in [1.165, 1.54) is 12.1 Å². The van der Waals surface area contributed by atoms with Crippen molar-refractivity contribution in [1.82, 2.24) is 0 Å². The van der Waals surface area contributed by atoms with Gasteiger partial charge in [-0.2, -0.15) is 16.8 Å². The Hall–Kier alpha value is -1.74. The van der Waals surface area contributed by atoms with Gasteiger partial charge in [0.05, 0.1) is 9.79 Å². The Bertz CT molecular complexity index is 1040. The van der Waals surface area contributed by atoms with Crippen LogP contribution in [0.15, 0.2) is 46.2 Å². The fourth-order valence-electron chi connectivity index (χ4n) is 4.54. The molecule has 2 atom stereocenters. The van der Waals surface area contributed by atoms with E-state index in [-0.39, 0.29) is 21.6 Å². The lowest BCUT2D eigenvalue weighted by atomic mass is 9.79. The van der Waals surface area contributed by atoms with Crippen LogP contribution in [0.5, 0.6) is 0 Å². The minimum absolute atomic E-state index is 0.0515. The molecular formula is C22H28O6S2. The van der Waals surface area contributed by atoms with Crippen LogP contribution in [0.4, 0.5) is 0 Å². The molecule has 0 radical (unpaired) electrons. The van der Waals surface area contributed by atoms with Gasteiger partial charge in [-0.3, -0.25) is 9.11 Å². The van der Waals surface area contributed by atoms with Crippen LogP contribution in [-0.4, -0.2) is 25.9 Å². The highest BCUT2D eigenvalue weighted by molar-refractivity contribution is 7.86. The summed E-state index contributed by atoms with van der Waals surface area (Å²) >= 11 is 0. The summed E-state index contributed by atoms with van der Waals surface area (Å²) in [6.07, 6.45) is 4.67. The predicted molar refractivity (Wildman–Crippen MR) is 115 cm³/mol. The molecule has 0 aliphatic heterocycles. The summed E-state index contributed by atoms with van der Waals surface area (Å²) in [7, 11) is -8.66. The molecule has 1 aliphatic carbocycles. The maximum Gasteiger partial charge on any atom is 0.294 e. The zero-order valence-electron chi connectivity index (χ0n) is 17.2. The van der Waals surface area contributed by atoms with Gasteiger partial charge in [-0.05, 0) is 74.6 Å². The number of hydrogen-bond acceptors (Lipinski definition) is 4. The molecule has 2 aromatic rings. The van der Waals surface area contributed by atoms with Gasteiger partial charge in [0.15, 0.2) is 0 Å². The molecule has 1 aliphatic rings. The van der Waals surface area contributed by atoms with E-state index >= 15 is 0 Å². The van der Waals surface area contributed by atoms with Gasteiger partial charge in [0, 0.05) is 0 Å². The van der Waals surface area contributed by atoms with E-state index in [0.29, 0.717) is 24.0 Å². The number of hydrogen-bond donors (Lipinski definition) is 2. The molecule has 0 aromatic heterocycles. The van der Waals surface area contributed by atoms with Gasteiger partial charge >= 0.3 is 0 Å². The monoisotopic (exact) mass is 452 g/mol. The molecule has 0 heterocycles. The van der Waals surface area contributed by atoms with Gasteiger partial charge in [-0.15, -0.1) is 0 Å². The lowest BCUT2D eigenvalue weighted by molar-refractivity contribution is 0.408. The van der Waals surface area contributed by atoms with Gasteiger partial charge in [-0.1, -0.05) is 48.2 Å². The molecule has 30 heavy (non-hydrogen) atoms. The highest BCUT2D eigenvalue weighted by Crippen LogP contribution is 2.41. The minimum Gasteiger partial charge on any atom is -0.282 e. The van der Waals surface area contributed by atoms with Crippen molar-refractivity contribution in [2.75, 3.05) is 0 Å². The Balaban J connectivity index is 1.96. The van der Waals surface area contributed by atoms with Gasteiger partial charge < -0.3 is 0 Å². The minimum atomic E-state index is -4.33. The second-order valence-electron chi connectivity index (χ2n) is 8.29. The van der Waals surface area contributed by atoms with E-state index < -0.39 is 20.2 Å². The molecule has 6 nitrogen and oxygen atoms in total. The highest BCUT2D eigenvalue weighted by Gasteiger charge is 2.27. The summed E-state index contributed by atoms with van der Waals surface area (Å²) in [4.78, 5) is -0.103. The molecule has 0 spiro atoms. The molecule has 0 bridgehead atoms. The highest BCUT2D eigenvalue weighted by atomic mass is 32.2. The first kappa shape index (κ1) is 22.9. The van der Waals surface area contributed by atoms with Crippen molar-refractivity contribution < 1.29 is 25.9 Å². The van der Waals surface area contributed by atoms with Crippen LogP contribution in [0.25, 0.3) is 0 Å². The average Bonchev–Trinajstić information content (AvgIpc) is 2.59. The van der Waals surface area contributed by atoms with Crippen LogP contribution in [0.2, 0.25) is 0 Å². The molecular weight excluding hydrogens is 424 g/mol. The summed E-state index contributed by atoms with van der Waals surface area (Å²) in [6.45, 7) is 3.77. The zero-order chi connectivity index (χ0) is 22.1. The van der Waals surface area contributed by atoms with Crippen molar-refractivity contribution in [1.29, 1.82) is 0 Å². The fourth-order valence-corrected chi connectivity index (χ4v) is 6.07. The van der Waals surface area contributed by atoms with E-state index in [4.69, 9.17) is 0 Å². The summed E-state index contributed by atoms with van der Waals surface area (Å²) in [6, 6.07) is 9.88. The maximum atomic E-state index is 11.9. The molecule has 164 valence electrons. The van der Waals surface area contributed by atoms with Crippen LogP contribution in [-0.2, 0) is 20.2 Å². The Morgan fingerprint density at radius 2 is 1.03 bits per heavy atom. The molecule has 0 amide bonds. The lowest BCUT2D eigenvalue weighted by Crippen LogP contribution is -2.14. The number of benzene rings is 2. The molecule has 0 saturated heterocycles. The smallest absolute Gasteiger partial charge is 0.282 e. The summed E-state index contributed by atoms with van der Waals surface area (Å²) < 4.78 is 67.0. The average molecular weight is 453 g/mol. The Morgan fingerprint density at radius 3 is 1.37 bits per heavy atom. The second kappa shape index (κ2) is 8.78. The molecule has 8 heteroatoms. The Labute approximate surface area is 178 Å². The molecule has 1 saturated carbocycles. The van der Waals surface area contributed by atoms with Crippen molar-refractivity contribution in [2.45, 2.75) is 74.0 Å². The van der Waals surface area contributed by atoms with E-state index in [9.17, 15) is 25.9 Å². The van der Waals surface area contributed by atoms with E-state index in [1.807, 2.05) is 26.0 Å². The van der Waals surface area contributed by atoms with Crippen molar-refractivity contribution in [3.63, 3.8) is 0 Å². The SMILES string of the molecule is Cc1ccc(S(=O)(=O)O)c(C2CCCCC(c3cc(C)ccc3S(=O)(=O)O)CC2)c1. The van der Waals surface area contributed by atoms with Gasteiger partial charge in [0.1, 0.15) is 0 Å². The second-order valence-corrected chi connectivity index (χ2v) is 11.1. The zero-order valence-corrected chi connectivity index (χ0v) is 18.8. The number of rotatable bonds is 4. The normalized spacial score (nSPS) is 21.1. The van der Waals surface area contributed by atoms with Crippen LogP contribution in [0.3, 0.4) is 0 Å². The van der Waals surface area contributed by atoms with Gasteiger partial charge in [0.2, 0.25) is 0 Å². The van der Waals surface area contributed by atoms with Crippen molar-refractivity contribution >= 4 is 20.2 Å². The molecule has 1 fully saturated rings. The van der Waals surface area contributed by atoms with Gasteiger partial charge in [0.25, 0.3) is 20.2 Å². The largest absolute Gasteiger partial charge is 0.294 e. The van der Waals surface area contributed by atoms with E-state index in [2.05, 4.69) is 0 Å². The summed E-state index contributed by atoms with van der Waals surface area (Å²) in [5, 5.41) is 0. The topological polar surface area (TPSA) is 109 Å². The lowest BCUT2D eigenvalue weighted by Gasteiger charge is -2.27. The number of aryl methyl sites for hydroxylation is 2. The maximum absolute atomic E-state index is 11.9. The Morgan fingerprint density at radius 1 is 0.667 bits per heavy atom. The summed E-state index contributed by atoms with van der Waals surface area (Å²) in [5.41, 5.74) is 3.08. The third kappa shape index (κ3) is 5.29. The third-order valence-corrected chi connectivity index (χ3v) is 7.84. The Kier molecular flexibility index (Phi) is 6.72. The molecule has 2 N–H and O–H groups in total. The van der Waals surface area contributed by atoms with Gasteiger partial charge in [-0.25, -0.2) is 0 Å².